The third kappa shape index (κ3) is 4.53. The fourth-order valence-electron chi connectivity index (χ4n) is 1.83. The number of amides is 1. The highest BCUT2D eigenvalue weighted by atomic mass is 35.5. The molecule has 0 radical (unpaired) electrons. The number of rotatable bonds is 6. The second kappa shape index (κ2) is 7.72. The SMILES string of the molecule is CC(C)C(O)CNC(=O)Cc1csc(-c2ccccc2Cl)n1. The maximum atomic E-state index is 11.9. The minimum Gasteiger partial charge on any atom is -0.391 e. The number of nitrogens with zero attached hydrogens (tertiary/aromatic N) is 1. The van der Waals surface area contributed by atoms with Gasteiger partial charge in [-0.15, -0.1) is 11.3 Å². The van der Waals surface area contributed by atoms with Crippen molar-refractivity contribution in [3.63, 3.8) is 0 Å². The molecule has 0 saturated heterocycles. The number of thiazole rings is 1. The van der Waals surface area contributed by atoms with Crippen LogP contribution in [-0.4, -0.2) is 28.6 Å². The summed E-state index contributed by atoms with van der Waals surface area (Å²) in [5, 5.41) is 15.7. The van der Waals surface area contributed by atoms with Crippen LogP contribution in [0.4, 0.5) is 0 Å². The van der Waals surface area contributed by atoms with Crippen LogP contribution in [0.5, 0.6) is 0 Å². The fourth-order valence-corrected chi connectivity index (χ4v) is 2.97. The zero-order valence-corrected chi connectivity index (χ0v) is 14.1. The number of aliphatic hydroxyl groups excluding tert-OH is 1. The van der Waals surface area contributed by atoms with Crippen molar-refractivity contribution >= 4 is 28.8 Å². The van der Waals surface area contributed by atoms with Crippen molar-refractivity contribution in [1.82, 2.24) is 10.3 Å². The minimum absolute atomic E-state index is 0.117. The van der Waals surface area contributed by atoms with Gasteiger partial charge in [0, 0.05) is 17.5 Å². The Bertz CT molecular complexity index is 643. The molecule has 0 spiro atoms. The largest absolute Gasteiger partial charge is 0.391 e. The van der Waals surface area contributed by atoms with Crippen LogP contribution in [-0.2, 0) is 11.2 Å². The molecule has 1 aromatic carbocycles. The van der Waals surface area contributed by atoms with Gasteiger partial charge in [-0.25, -0.2) is 4.98 Å². The Morgan fingerprint density at radius 2 is 2.14 bits per heavy atom. The number of carbonyl (C=O) groups excluding carboxylic acids is 1. The number of hydrogen-bond donors (Lipinski definition) is 2. The van der Waals surface area contributed by atoms with Crippen molar-refractivity contribution in [1.29, 1.82) is 0 Å². The Labute approximate surface area is 139 Å². The summed E-state index contributed by atoms with van der Waals surface area (Å²) in [6, 6.07) is 7.50. The number of halogens is 1. The topological polar surface area (TPSA) is 62.2 Å². The Hall–Kier alpha value is -1.43. The summed E-state index contributed by atoms with van der Waals surface area (Å²) in [5.74, 6) is -0.0258. The van der Waals surface area contributed by atoms with Gasteiger partial charge in [0.15, 0.2) is 0 Å². The number of aliphatic hydroxyl groups is 1. The monoisotopic (exact) mass is 338 g/mol. The number of benzene rings is 1. The molecule has 0 aliphatic heterocycles. The average molecular weight is 339 g/mol. The summed E-state index contributed by atoms with van der Waals surface area (Å²) in [6.45, 7) is 4.08. The maximum absolute atomic E-state index is 11.9. The lowest BCUT2D eigenvalue weighted by Crippen LogP contribution is -2.35. The van der Waals surface area contributed by atoms with Crippen LogP contribution in [0.2, 0.25) is 5.02 Å². The summed E-state index contributed by atoms with van der Waals surface area (Å²) in [6.07, 6.45) is -0.329. The highest BCUT2D eigenvalue weighted by Crippen LogP contribution is 2.30. The molecule has 118 valence electrons. The molecule has 1 amide bonds. The molecule has 0 bridgehead atoms. The van der Waals surface area contributed by atoms with Crippen molar-refractivity contribution < 1.29 is 9.90 Å². The molecule has 1 atom stereocenters. The quantitative estimate of drug-likeness (QED) is 0.850. The van der Waals surface area contributed by atoms with Gasteiger partial charge in [0.05, 0.1) is 23.2 Å². The van der Waals surface area contributed by atoms with Gasteiger partial charge in [0.1, 0.15) is 5.01 Å². The second-order valence-electron chi connectivity index (χ2n) is 5.42. The van der Waals surface area contributed by atoms with Crippen LogP contribution in [0.25, 0.3) is 10.6 Å². The molecule has 1 unspecified atom stereocenters. The molecule has 0 fully saturated rings. The van der Waals surface area contributed by atoms with Crippen LogP contribution in [0, 0.1) is 5.92 Å². The minimum atomic E-state index is -0.530. The number of aromatic nitrogens is 1. The van der Waals surface area contributed by atoms with Crippen LogP contribution in [0.1, 0.15) is 19.5 Å². The number of hydrogen-bond acceptors (Lipinski definition) is 4. The van der Waals surface area contributed by atoms with Crippen LogP contribution in [0.15, 0.2) is 29.6 Å². The molecular weight excluding hydrogens is 320 g/mol. The maximum Gasteiger partial charge on any atom is 0.226 e. The zero-order valence-electron chi connectivity index (χ0n) is 12.5. The lowest BCUT2D eigenvalue weighted by atomic mass is 10.1. The molecular formula is C16H19ClN2O2S. The summed E-state index contributed by atoms with van der Waals surface area (Å²) in [5.41, 5.74) is 1.58. The fraction of sp³-hybridized carbons (Fsp3) is 0.375. The second-order valence-corrected chi connectivity index (χ2v) is 6.68. The Morgan fingerprint density at radius 1 is 1.41 bits per heavy atom. The highest BCUT2D eigenvalue weighted by molar-refractivity contribution is 7.13. The van der Waals surface area contributed by atoms with Crippen LogP contribution >= 0.6 is 22.9 Å². The molecule has 6 heteroatoms. The van der Waals surface area contributed by atoms with E-state index < -0.39 is 6.10 Å². The van der Waals surface area contributed by atoms with Gasteiger partial charge in [-0.1, -0.05) is 43.6 Å². The van der Waals surface area contributed by atoms with E-state index in [0.717, 1.165) is 10.6 Å². The lowest BCUT2D eigenvalue weighted by molar-refractivity contribution is -0.121. The molecule has 4 nitrogen and oxygen atoms in total. The van der Waals surface area contributed by atoms with E-state index in [1.54, 1.807) is 0 Å². The Balaban J connectivity index is 1.95. The van der Waals surface area contributed by atoms with E-state index in [4.69, 9.17) is 11.6 Å². The molecule has 2 rings (SSSR count). The third-order valence-corrected chi connectivity index (χ3v) is 4.53. The van der Waals surface area contributed by atoms with E-state index in [-0.39, 0.29) is 24.8 Å². The predicted octanol–water partition coefficient (Wildman–Crippen LogP) is 3.14. The predicted molar refractivity (Wildman–Crippen MR) is 90.1 cm³/mol. The molecule has 1 heterocycles. The summed E-state index contributed by atoms with van der Waals surface area (Å²) in [4.78, 5) is 16.3. The molecule has 2 N–H and O–H groups in total. The van der Waals surface area contributed by atoms with Gasteiger partial charge < -0.3 is 10.4 Å². The summed E-state index contributed by atoms with van der Waals surface area (Å²) < 4.78 is 0. The van der Waals surface area contributed by atoms with Crippen molar-refractivity contribution in [3.8, 4) is 10.6 Å². The number of nitrogens with one attached hydrogen (secondary N) is 1. The average Bonchev–Trinajstić information content (AvgIpc) is 2.93. The molecule has 0 saturated carbocycles. The van der Waals surface area contributed by atoms with Crippen LogP contribution in [0.3, 0.4) is 0 Å². The van der Waals surface area contributed by atoms with E-state index in [1.165, 1.54) is 11.3 Å². The van der Waals surface area contributed by atoms with Crippen molar-refractivity contribution in [2.45, 2.75) is 26.4 Å². The Kier molecular flexibility index (Phi) is 5.94. The first-order chi connectivity index (χ1) is 10.5. The first kappa shape index (κ1) is 16.9. The zero-order chi connectivity index (χ0) is 16.1. The van der Waals surface area contributed by atoms with Gasteiger partial charge in [-0.05, 0) is 12.0 Å². The van der Waals surface area contributed by atoms with E-state index in [2.05, 4.69) is 10.3 Å². The van der Waals surface area contributed by atoms with E-state index in [1.807, 2.05) is 43.5 Å². The van der Waals surface area contributed by atoms with Crippen molar-refractivity contribution in [2.24, 2.45) is 5.92 Å². The van der Waals surface area contributed by atoms with Gasteiger partial charge >= 0.3 is 0 Å². The van der Waals surface area contributed by atoms with Gasteiger partial charge in [0.25, 0.3) is 0 Å². The van der Waals surface area contributed by atoms with E-state index >= 15 is 0 Å². The van der Waals surface area contributed by atoms with Gasteiger partial charge in [-0.3, -0.25) is 4.79 Å². The van der Waals surface area contributed by atoms with Crippen molar-refractivity contribution in [3.05, 3.63) is 40.4 Å². The molecule has 1 aromatic heterocycles. The molecule has 22 heavy (non-hydrogen) atoms. The first-order valence-electron chi connectivity index (χ1n) is 7.11. The van der Waals surface area contributed by atoms with Crippen LogP contribution < -0.4 is 5.32 Å². The van der Waals surface area contributed by atoms with Gasteiger partial charge in [-0.2, -0.15) is 0 Å². The van der Waals surface area contributed by atoms with E-state index in [0.29, 0.717) is 10.7 Å². The number of carbonyl (C=O) groups is 1. The van der Waals surface area contributed by atoms with Gasteiger partial charge in [0.2, 0.25) is 5.91 Å². The highest BCUT2D eigenvalue weighted by Gasteiger charge is 2.13. The smallest absolute Gasteiger partial charge is 0.226 e. The Morgan fingerprint density at radius 3 is 2.82 bits per heavy atom. The molecule has 2 aromatic rings. The lowest BCUT2D eigenvalue weighted by Gasteiger charge is -2.14. The summed E-state index contributed by atoms with van der Waals surface area (Å²) in [7, 11) is 0. The summed E-state index contributed by atoms with van der Waals surface area (Å²) >= 11 is 7.61. The van der Waals surface area contributed by atoms with Crippen molar-refractivity contribution in [2.75, 3.05) is 6.54 Å². The normalized spacial score (nSPS) is 12.4. The standard InChI is InChI=1S/C16H19ClN2O2S/c1-10(2)14(20)8-18-15(21)7-11-9-22-16(19-11)12-5-3-4-6-13(12)17/h3-6,9-10,14,20H,7-8H2,1-2H3,(H,18,21). The first-order valence-corrected chi connectivity index (χ1v) is 8.37. The molecule has 0 aliphatic rings. The van der Waals surface area contributed by atoms with E-state index in [9.17, 15) is 9.90 Å². The third-order valence-electron chi connectivity index (χ3n) is 3.28. The molecule has 0 aliphatic carbocycles.